The Kier molecular flexibility index (Phi) is 4.10. The molecule has 18 heavy (non-hydrogen) atoms. The topological polar surface area (TPSA) is 26.3 Å². The molecule has 0 spiro atoms. The second-order valence-corrected chi connectivity index (χ2v) is 4.93. The van der Waals surface area contributed by atoms with E-state index in [4.69, 9.17) is 4.74 Å². The standard InChI is InChI=1S/C14H13FO2S/c1-10-4-2-6-12(13(10)15)14(16)17-8-7-11-5-3-9-18-11/h2-6,9H,7-8H2,1H3. The highest BCUT2D eigenvalue weighted by Crippen LogP contribution is 2.14. The zero-order chi connectivity index (χ0) is 13.0. The minimum absolute atomic E-state index is 0.00109. The Hall–Kier alpha value is -1.68. The molecule has 0 aliphatic rings. The van der Waals surface area contributed by atoms with E-state index in [1.807, 2.05) is 17.5 Å². The molecule has 0 aliphatic carbocycles. The van der Waals surface area contributed by atoms with Crippen molar-refractivity contribution in [2.24, 2.45) is 0 Å². The molecule has 0 saturated carbocycles. The van der Waals surface area contributed by atoms with Crippen LogP contribution in [0.4, 0.5) is 4.39 Å². The van der Waals surface area contributed by atoms with Gasteiger partial charge in [0.2, 0.25) is 0 Å². The van der Waals surface area contributed by atoms with Crippen LogP contribution in [0.3, 0.4) is 0 Å². The molecule has 94 valence electrons. The first-order chi connectivity index (χ1) is 8.68. The number of rotatable bonds is 4. The van der Waals surface area contributed by atoms with E-state index >= 15 is 0 Å². The van der Waals surface area contributed by atoms with Gasteiger partial charge in [-0.2, -0.15) is 0 Å². The van der Waals surface area contributed by atoms with E-state index in [-0.39, 0.29) is 12.2 Å². The number of aryl methyl sites for hydroxylation is 1. The smallest absolute Gasteiger partial charge is 0.341 e. The number of carbonyl (C=O) groups excluding carboxylic acids is 1. The fourth-order valence-corrected chi connectivity index (χ4v) is 2.27. The third kappa shape index (κ3) is 2.96. The Labute approximate surface area is 109 Å². The molecule has 0 saturated heterocycles. The maximum absolute atomic E-state index is 13.7. The quantitative estimate of drug-likeness (QED) is 0.789. The van der Waals surface area contributed by atoms with Gasteiger partial charge in [-0.05, 0) is 30.0 Å². The summed E-state index contributed by atoms with van der Waals surface area (Å²) < 4.78 is 18.7. The lowest BCUT2D eigenvalue weighted by atomic mass is 10.1. The van der Waals surface area contributed by atoms with E-state index in [2.05, 4.69) is 0 Å². The van der Waals surface area contributed by atoms with Gasteiger partial charge >= 0.3 is 5.97 Å². The molecule has 1 heterocycles. The predicted molar refractivity (Wildman–Crippen MR) is 69.4 cm³/mol. The average Bonchev–Trinajstić information content (AvgIpc) is 2.85. The normalized spacial score (nSPS) is 10.3. The molecule has 0 atom stereocenters. The molecule has 0 amide bonds. The summed E-state index contributed by atoms with van der Waals surface area (Å²) in [6.45, 7) is 1.89. The Morgan fingerprint density at radius 1 is 1.33 bits per heavy atom. The summed E-state index contributed by atoms with van der Waals surface area (Å²) >= 11 is 1.61. The van der Waals surface area contributed by atoms with Gasteiger partial charge in [-0.1, -0.05) is 18.2 Å². The fraction of sp³-hybridized carbons (Fsp3) is 0.214. The summed E-state index contributed by atoms with van der Waals surface area (Å²) in [6.07, 6.45) is 0.664. The molecule has 2 nitrogen and oxygen atoms in total. The largest absolute Gasteiger partial charge is 0.462 e. The summed E-state index contributed by atoms with van der Waals surface area (Å²) in [5.74, 6) is -1.11. The lowest BCUT2D eigenvalue weighted by molar-refractivity contribution is 0.0504. The second-order valence-electron chi connectivity index (χ2n) is 3.90. The Bertz CT molecular complexity index is 535. The van der Waals surface area contributed by atoms with Crippen molar-refractivity contribution in [3.8, 4) is 0 Å². The number of benzene rings is 1. The Morgan fingerprint density at radius 3 is 2.89 bits per heavy atom. The molecule has 2 rings (SSSR count). The summed E-state index contributed by atoms with van der Waals surface area (Å²) in [5.41, 5.74) is 0.448. The molecular weight excluding hydrogens is 251 g/mol. The highest BCUT2D eigenvalue weighted by Gasteiger charge is 2.14. The molecule has 1 aromatic carbocycles. The number of esters is 1. The minimum atomic E-state index is -0.604. The van der Waals surface area contributed by atoms with Crippen molar-refractivity contribution >= 4 is 17.3 Å². The van der Waals surface area contributed by atoms with Crippen molar-refractivity contribution in [3.05, 3.63) is 57.5 Å². The molecule has 2 aromatic rings. The van der Waals surface area contributed by atoms with Crippen LogP contribution in [-0.2, 0) is 11.2 Å². The van der Waals surface area contributed by atoms with Gasteiger partial charge in [0.25, 0.3) is 0 Å². The minimum Gasteiger partial charge on any atom is -0.462 e. The fourth-order valence-electron chi connectivity index (χ4n) is 1.58. The van der Waals surface area contributed by atoms with E-state index < -0.39 is 11.8 Å². The summed E-state index contributed by atoms with van der Waals surface area (Å²) in [4.78, 5) is 12.8. The molecule has 4 heteroatoms. The zero-order valence-corrected chi connectivity index (χ0v) is 10.8. The van der Waals surface area contributed by atoms with Gasteiger partial charge < -0.3 is 4.74 Å². The van der Waals surface area contributed by atoms with Crippen LogP contribution in [0.25, 0.3) is 0 Å². The van der Waals surface area contributed by atoms with Gasteiger partial charge in [0.05, 0.1) is 12.2 Å². The molecule has 0 unspecified atom stereocenters. The maximum atomic E-state index is 13.7. The lowest BCUT2D eigenvalue weighted by Gasteiger charge is -2.06. The lowest BCUT2D eigenvalue weighted by Crippen LogP contribution is -2.10. The number of carbonyl (C=O) groups is 1. The number of hydrogen-bond acceptors (Lipinski definition) is 3. The molecular formula is C14H13FO2S. The van der Waals surface area contributed by atoms with Crippen molar-refractivity contribution in [2.75, 3.05) is 6.61 Å². The predicted octanol–water partition coefficient (Wildman–Crippen LogP) is 3.60. The van der Waals surface area contributed by atoms with E-state index in [1.165, 1.54) is 6.07 Å². The highest BCUT2D eigenvalue weighted by atomic mass is 32.1. The van der Waals surface area contributed by atoms with Crippen LogP contribution in [0.15, 0.2) is 35.7 Å². The van der Waals surface area contributed by atoms with E-state index in [0.29, 0.717) is 12.0 Å². The van der Waals surface area contributed by atoms with Crippen LogP contribution >= 0.6 is 11.3 Å². The van der Waals surface area contributed by atoms with Crippen LogP contribution in [-0.4, -0.2) is 12.6 Å². The van der Waals surface area contributed by atoms with Crippen molar-refractivity contribution in [2.45, 2.75) is 13.3 Å². The SMILES string of the molecule is Cc1cccc(C(=O)OCCc2cccs2)c1F. The zero-order valence-electron chi connectivity index (χ0n) is 9.98. The van der Waals surface area contributed by atoms with Crippen molar-refractivity contribution in [1.82, 2.24) is 0 Å². The second kappa shape index (κ2) is 5.78. The molecule has 1 aromatic heterocycles. The van der Waals surface area contributed by atoms with Gasteiger partial charge in [0.1, 0.15) is 5.82 Å². The van der Waals surface area contributed by atoms with Gasteiger partial charge in [-0.3, -0.25) is 0 Å². The van der Waals surface area contributed by atoms with Gasteiger partial charge in [-0.15, -0.1) is 11.3 Å². The van der Waals surface area contributed by atoms with Crippen LogP contribution in [0.1, 0.15) is 20.8 Å². The van der Waals surface area contributed by atoms with Gasteiger partial charge in [0.15, 0.2) is 0 Å². The van der Waals surface area contributed by atoms with E-state index in [9.17, 15) is 9.18 Å². The first kappa shape index (κ1) is 12.8. The van der Waals surface area contributed by atoms with Crippen molar-refractivity contribution in [3.63, 3.8) is 0 Å². The van der Waals surface area contributed by atoms with Crippen LogP contribution in [0.5, 0.6) is 0 Å². The number of thiophene rings is 1. The molecule has 0 fully saturated rings. The van der Waals surface area contributed by atoms with E-state index in [1.54, 1.807) is 30.4 Å². The summed E-state index contributed by atoms with van der Waals surface area (Å²) in [5, 5.41) is 1.97. The number of halogens is 1. The molecule has 0 bridgehead atoms. The molecule has 0 aliphatic heterocycles. The van der Waals surface area contributed by atoms with Crippen LogP contribution < -0.4 is 0 Å². The third-order valence-electron chi connectivity index (χ3n) is 2.57. The summed E-state index contributed by atoms with van der Waals surface area (Å²) in [6, 6.07) is 8.63. The highest BCUT2D eigenvalue weighted by molar-refractivity contribution is 7.09. The number of ether oxygens (including phenoxy) is 1. The number of hydrogen-bond donors (Lipinski definition) is 0. The van der Waals surface area contributed by atoms with Crippen LogP contribution in [0, 0.1) is 12.7 Å². The Morgan fingerprint density at radius 2 is 2.17 bits per heavy atom. The van der Waals surface area contributed by atoms with Crippen molar-refractivity contribution < 1.29 is 13.9 Å². The summed E-state index contributed by atoms with van der Waals surface area (Å²) in [7, 11) is 0. The first-order valence-corrected chi connectivity index (χ1v) is 6.51. The maximum Gasteiger partial charge on any atom is 0.341 e. The molecule has 0 radical (unpaired) electrons. The van der Waals surface area contributed by atoms with Gasteiger partial charge in [-0.25, -0.2) is 9.18 Å². The van der Waals surface area contributed by atoms with Crippen LogP contribution in [0.2, 0.25) is 0 Å². The van der Waals surface area contributed by atoms with Gasteiger partial charge in [0, 0.05) is 11.3 Å². The van der Waals surface area contributed by atoms with E-state index in [0.717, 1.165) is 4.88 Å². The monoisotopic (exact) mass is 264 g/mol. The van der Waals surface area contributed by atoms with Crippen molar-refractivity contribution in [1.29, 1.82) is 0 Å². The average molecular weight is 264 g/mol. The Balaban J connectivity index is 1.93. The first-order valence-electron chi connectivity index (χ1n) is 5.63. The molecule has 0 N–H and O–H groups in total. The third-order valence-corrected chi connectivity index (χ3v) is 3.51.